The second-order valence-electron chi connectivity index (χ2n) is 4.02. The van der Waals surface area contributed by atoms with Crippen LogP contribution in [0.2, 0.25) is 0 Å². The van der Waals surface area contributed by atoms with Crippen LogP contribution in [0.5, 0.6) is 0 Å². The van der Waals surface area contributed by atoms with Crippen molar-refractivity contribution in [2.24, 2.45) is 11.7 Å². The topological polar surface area (TPSA) is 54.7 Å². The van der Waals surface area contributed by atoms with E-state index in [2.05, 4.69) is 28.2 Å². The highest BCUT2D eigenvalue weighted by atomic mass is 14.9. The van der Waals surface area contributed by atoms with Gasteiger partial charge < -0.3 is 10.7 Å². The molecule has 3 rings (SSSR count). The molecule has 1 saturated carbocycles. The molecule has 2 aromatic rings. The molecule has 3 nitrogen and oxygen atoms in total. The molecule has 1 aromatic heterocycles. The lowest BCUT2D eigenvalue weighted by Crippen LogP contribution is -2.01. The molecule has 3 heteroatoms. The van der Waals surface area contributed by atoms with Crippen molar-refractivity contribution in [3.8, 4) is 0 Å². The number of hydrogen-bond acceptors (Lipinski definition) is 2. The van der Waals surface area contributed by atoms with Gasteiger partial charge in [-0.3, -0.25) is 0 Å². The molecule has 0 spiro atoms. The summed E-state index contributed by atoms with van der Waals surface area (Å²) < 4.78 is 0. The first-order chi connectivity index (χ1) is 6.88. The summed E-state index contributed by atoms with van der Waals surface area (Å²) in [6.07, 6.45) is 2.98. The number of nitrogens with two attached hydrogens (primary N) is 1. The van der Waals surface area contributed by atoms with E-state index >= 15 is 0 Å². The van der Waals surface area contributed by atoms with Crippen molar-refractivity contribution in [3.05, 3.63) is 30.1 Å². The van der Waals surface area contributed by atoms with Crippen LogP contribution in [-0.2, 0) is 0 Å². The Labute approximate surface area is 82.3 Å². The largest absolute Gasteiger partial charge is 0.345 e. The number of aromatic nitrogens is 2. The Morgan fingerprint density at radius 2 is 2.43 bits per heavy atom. The van der Waals surface area contributed by atoms with E-state index in [0.717, 1.165) is 17.6 Å². The highest BCUT2D eigenvalue weighted by Crippen LogP contribution is 2.46. The monoisotopic (exact) mass is 187 g/mol. The first kappa shape index (κ1) is 8.00. The van der Waals surface area contributed by atoms with E-state index in [-0.39, 0.29) is 0 Å². The molecule has 0 aliphatic heterocycles. The molecule has 3 N–H and O–H groups in total. The first-order valence-corrected chi connectivity index (χ1v) is 5.01. The normalized spacial score (nSPS) is 25.5. The van der Waals surface area contributed by atoms with Gasteiger partial charge in [-0.15, -0.1) is 0 Å². The van der Waals surface area contributed by atoms with Gasteiger partial charge in [-0.25, -0.2) is 4.98 Å². The van der Waals surface area contributed by atoms with Crippen molar-refractivity contribution >= 4 is 11.0 Å². The summed E-state index contributed by atoms with van der Waals surface area (Å²) in [6.45, 7) is 0.811. The minimum Gasteiger partial charge on any atom is -0.345 e. The summed E-state index contributed by atoms with van der Waals surface area (Å²) >= 11 is 0. The zero-order valence-electron chi connectivity index (χ0n) is 7.90. The van der Waals surface area contributed by atoms with Crippen molar-refractivity contribution in [3.63, 3.8) is 0 Å². The van der Waals surface area contributed by atoms with Crippen LogP contribution in [0.25, 0.3) is 11.0 Å². The van der Waals surface area contributed by atoms with Gasteiger partial charge in [-0.1, -0.05) is 6.07 Å². The van der Waals surface area contributed by atoms with Crippen molar-refractivity contribution in [1.82, 2.24) is 9.97 Å². The molecule has 14 heavy (non-hydrogen) atoms. The van der Waals surface area contributed by atoms with Gasteiger partial charge in [0.25, 0.3) is 0 Å². The lowest BCUT2D eigenvalue weighted by molar-refractivity contribution is 0.810. The minimum absolute atomic E-state index is 0.688. The first-order valence-electron chi connectivity index (χ1n) is 5.01. The van der Waals surface area contributed by atoms with Crippen LogP contribution in [-0.4, -0.2) is 16.5 Å². The van der Waals surface area contributed by atoms with Gasteiger partial charge in [0.15, 0.2) is 0 Å². The third-order valence-corrected chi connectivity index (χ3v) is 3.10. The van der Waals surface area contributed by atoms with Crippen molar-refractivity contribution in [1.29, 1.82) is 0 Å². The number of imidazole rings is 1. The number of H-pyrrole nitrogens is 1. The maximum Gasteiger partial charge on any atom is 0.0931 e. The maximum atomic E-state index is 5.63. The zero-order chi connectivity index (χ0) is 9.54. The molecular formula is C11H13N3. The van der Waals surface area contributed by atoms with Gasteiger partial charge in [0, 0.05) is 0 Å². The van der Waals surface area contributed by atoms with Crippen LogP contribution in [0, 0.1) is 5.92 Å². The number of hydrogen-bond donors (Lipinski definition) is 2. The van der Waals surface area contributed by atoms with E-state index in [0.29, 0.717) is 11.8 Å². The highest BCUT2D eigenvalue weighted by Gasteiger charge is 2.36. The summed E-state index contributed by atoms with van der Waals surface area (Å²) in [5.74, 6) is 1.39. The third-order valence-electron chi connectivity index (χ3n) is 3.10. The summed E-state index contributed by atoms with van der Waals surface area (Å²) in [4.78, 5) is 7.33. The third kappa shape index (κ3) is 1.13. The van der Waals surface area contributed by atoms with Crippen LogP contribution in [0.15, 0.2) is 24.5 Å². The summed E-state index contributed by atoms with van der Waals surface area (Å²) in [5.41, 5.74) is 9.20. The fourth-order valence-electron chi connectivity index (χ4n) is 2.10. The predicted octanol–water partition coefficient (Wildman–Crippen LogP) is 1.63. The quantitative estimate of drug-likeness (QED) is 0.750. The number of aromatic amines is 1. The molecule has 0 amide bonds. The number of fused-ring (bicyclic) bond motifs is 1. The molecule has 2 atom stereocenters. The number of nitrogens with zero attached hydrogens (tertiary/aromatic N) is 1. The standard InChI is InChI=1S/C11H13N3/c12-5-8-3-9(8)7-1-2-10-11(4-7)14-6-13-10/h1-2,4,6,8-9H,3,5,12H2,(H,13,14). The summed E-state index contributed by atoms with van der Waals surface area (Å²) in [7, 11) is 0. The van der Waals surface area contributed by atoms with E-state index in [1.165, 1.54) is 12.0 Å². The molecule has 1 heterocycles. The molecule has 1 aliphatic carbocycles. The molecule has 1 fully saturated rings. The van der Waals surface area contributed by atoms with Gasteiger partial charge in [-0.05, 0) is 42.5 Å². The van der Waals surface area contributed by atoms with Crippen LogP contribution in [0.3, 0.4) is 0 Å². The van der Waals surface area contributed by atoms with Gasteiger partial charge in [0.1, 0.15) is 0 Å². The number of rotatable bonds is 2. The molecule has 72 valence electrons. The Morgan fingerprint density at radius 3 is 3.21 bits per heavy atom. The van der Waals surface area contributed by atoms with Gasteiger partial charge >= 0.3 is 0 Å². The number of benzene rings is 1. The van der Waals surface area contributed by atoms with Crippen LogP contribution < -0.4 is 5.73 Å². The molecule has 2 unspecified atom stereocenters. The van der Waals surface area contributed by atoms with Crippen LogP contribution in [0.1, 0.15) is 17.9 Å². The maximum absolute atomic E-state index is 5.63. The van der Waals surface area contributed by atoms with Crippen molar-refractivity contribution < 1.29 is 0 Å². The van der Waals surface area contributed by atoms with E-state index in [4.69, 9.17) is 5.73 Å². The summed E-state index contributed by atoms with van der Waals surface area (Å²) in [5, 5.41) is 0. The molecule has 0 bridgehead atoms. The van der Waals surface area contributed by atoms with E-state index in [9.17, 15) is 0 Å². The van der Waals surface area contributed by atoms with Crippen LogP contribution in [0.4, 0.5) is 0 Å². The Kier molecular flexibility index (Phi) is 1.61. The van der Waals surface area contributed by atoms with Gasteiger partial charge in [0.2, 0.25) is 0 Å². The second kappa shape index (κ2) is 2.82. The Balaban J connectivity index is 1.98. The smallest absolute Gasteiger partial charge is 0.0931 e. The minimum atomic E-state index is 0.688. The molecule has 0 radical (unpaired) electrons. The van der Waals surface area contributed by atoms with Crippen molar-refractivity contribution in [2.45, 2.75) is 12.3 Å². The number of nitrogens with one attached hydrogen (secondary N) is 1. The lowest BCUT2D eigenvalue weighted by Gasteiger charge is -1.98. The van der Waals surface area contributed by atoms with Gasteiger partial charge in [0.05, 0.1) is 17.4 Å². The average molecular weight is 187 g/mol. The molecule has 0 saturated heterocycles. The van der Waals surface area contributed by atoms with E-state index in [1.54, 1.807) is 6.33 Å². The molecule has 1 aliphatic rings. The van der Waals surface area contributed by atoms with E-state index < -0.39 is 0 Å². The Morgan fingerprint density at radius 1 is 1.50 bits per heavy atom. The molecule has 1 aromatic carbocycles. The fourth-order valence-corrected chi connectivity index (χ4v) is 2.10. The summed E-state index contributed by atoms with van der Waals surface area (Å²) in [6, 6.07) is 6.44. The Hall–Kier alpha value is -1.35. The SMILES string of the molecule is NCC1CC1c1ccc2nc[nH]c2c1. The fraction of sp³-hybridized carbons (Fsp3) is 0.364. The molecular weight excluding hydrogens is 174 g/mol. The Bertz CT molecular complexity index is 460. The highest BCUT2D eigenvalue weighted by molar-refractivity contribution is 5.75. The zero-order valence-corrected chi connectivity index (χ0v) is 7.90. The lowest BCUT2D eigenvalue weighted by atomic mass is 10.1. The second-order valence-corrected chi connectivity index (χ2v) is 4.02. The average Bonchev–Trinajstić information content (AvgIpc) is 2.87. The predicted molar refractivity (Wildman–Crippen MR) is 56.0 cm³/mol. The van der Waals surface area contributed by atoms with Crippen LogP contribution >= 0.6 is 0 Å². The van der Waals surface area contributed by atoms with Crippen molar-refractivity contribution in [2.75, 3.05) is 6.54 Å². The van der Waals surface area contributed by atoms with Gasteiger partial charge in [-0.2, -0.15) is 0 Å². The van der Waals surface area contributed by atoms with E-state index in [1.807, 2.05) is 0 Å².